The number of nitrogens with one attached hydrogen (secondary N) is 1. The number of halogens is 3. The second-order valence-electron chi connectivity index (χ2n) is 5.46. The van der Waals surface area contributed by atoms with Crippen molar-refractivity contribution in [3.63, 3.8) is 0 Å². The Morgan fingerprint density at radius 1 is 1.15 bits per heavy atom. The predicted octanol–water partition coefficient (Wildman–Crippen LogP) is 2.49. The Balaban J connectivity index is 1.69. The van der Waals surface area contributed by atoms with E-state index in [-0.39, 0.29) is 24.4 Å². The van der Waals surface area contributed by atoms with Gasteiger partial charge < -0.3 is 15.0 Å². The van der Waals surface area contributed by atoms with Gasteiger partial charge >= 0.3 is 0 Å². The number of rotatable bonds is 5. The third kappa shape index (κ3) is 3.89. The van der Waals surface area contributed by atoms with Gasteiger partial charge in [0.1, 0.15) is 5.69 Å². The van der Waals surface area contributed by atoms with Gasteiger partial charge in [-0.05, 0) is 29.8 Å². The monoisotopic (exact) mass is 362 g/mol. The van der Waals surface area contributed by atoms with Crippen LogP contribution in [0.3, 0.4) is 0 Å². The van der Waals surface area contributed by atoms with Gasteiger partial charge in [-0.1, -0.05) is 0 Å². The van der Waals surface area contributed by atoms with Gasteiger partial charge in [-0.2, -0.15) is 0 Å². The Morgan fingerprint density at radius 3 is 2.50 bits per heavy atom. The highest BCUT2D eigenvalue weighted by molar-refractivity contribution is 6.02. The van der Waals surface area contributed by atoms with Gasteiger partial charge in [0.15, 0.2) is 17.5 Å². The van der Waals surface area contributed by atoms with E-state index in [4.69, 9.17) is 5.11 Å². The summed E-state index contributed by atoms with van der Waals surface area (Å²) < 4.78 is 40.9. The molecule has 0 aliphatic rings. The summed E-state index contributed by atoms with van der Waals surface area (Å²) in [6, 6.07) is 4.91. The van der Waals surface area contributed by atoms with E-state index >= 15 is 0 Å². The second-order valence-corrected chi connectivity index (χ2v) is 5.46. The van der Waals surface area contributed by atoms with Crippen LogP contribution in [-0.2, 0) is 13.2 Å². The first-order valence-electron chi connectivity index (χ1n) is 7.48. The number of benzene rings is 1. The highest BCUT2D eigenvalue weighted by Crippen LogP contribution is 2.15. The minimum atomic E-state index is -1.53. The molecule has 9 heteroatoms. The molecule has 2 N–H and O–H groups in total. The molecule has 0 aliphatic carbocycles. The molecule has 0 radical (unpaired) electrons. The van der Waals surface area contributed by atoms with E-state index in [2.05, 4.69) is 15.3 Å². The lowest BCUT2D eigenvalue weighted by molar-refractivity contribution is 0.102. The number of anilines is 1. The zero-order chi connectivity index (χ0) is 18.7. The smallest absolute Gasteiger partial charge is 0.275 e. The summed E-state index contributed by atoms with van der Waals surface area (Å²) >= 11 is 0. The molecule has 26 heavy (non-hydrogen) atoms. The lowest BCUT2D eigenvalue weighted by Gasteiger charge is -2.05. The van der Waals surface area contributed by atoms with Crippen molar-refractivity contribution in [1.82, 2.24) is 14.5 Å². The van der Waals surface area contributed by atoms with Gasteiger partial charge in [-0.25, -0.2) is 18.2 Å². The first-order chi connectivity index (χ1) is 12.5. The topological polar surface area (TPSA) is 80.0 Å². The van der Waals surface area contributed by atoms with E-state index in [0.717, 1.165) is 12.1 Å². The van der Waals surface area contributed by atoms with Crippen molar-refractivity contribution in [3.05, 3.63) is 77.4 Å². The maximum absolute atomic E-state index is 13.2. The van der Waals surface area contributed by atoms with Gasteiger partial charge in [0.25, 0.3) is 5.91 Å². The molecule has 0 saturated heterocycles. The summed E-state index contributed by atoms with van der Waals surface area (Å²) in [5, 5.41) is 11.5. The molecule has 0 bridgehead atoms. The molecule has 0 saturated carbocycles. The quantitative estimate of drug-likeness (QED) is 0.684. The van der Waals surface area contributed by atoms with Crippen LogP contribution in [0.25, 0.3) is 0 Å². The van der Waals surface area contributed by atoms with Crippen molar-refractivity contribution < 1.29 is 23.1 Å². The van der Waals surface area contributed by atoms with Gasteiger partial charge in [0.2, 0.25) is 0 Å². The number of imidazole rings is 1. The van der Waals surface area contributed by atoms with E-state index in [1.54, 1.807) is 12.1 Å². The molecule has 6 nitrogen and oxygen atoms in total. The number of pyridine rings is 1. The molecule has 0 aliphatic heterocycles. The summed E-state index contributed by atoms with van der Waals surface area (Å²) in [6.45, 7) is -0.190. The van der Waals surface area contributed by atoms with Crippen molar-refractivity contribution in [2.24, 2.45) is 0 Å². The van der Waals surface area contributed by atoms with E-state index in [1.807, 2.05) is 0 Å². The fourth-order valence-electron chi connectivity index (χ4n) is 2.26. The van der Waals surface area contributed by atoms with Crippen LogP contribution in [0, 0.1) is 17.5 Å². The Labute approximate surface area is 146 Å². The minimum Gasteiger partial charge on any atom is -0.390 e. The van der Waals surface area contributed by atoms with Crippen LogP contribution in [0.4, 0.5) is 18.9 Å². The number of carbonyl (C=O) groups excluding carboxylic acids is 1. The number of aliphatic hydroxyl groups excluding tert-OH is 1. The molecule has 1 amide bonds. The van der Waals surface area contributed by atoms with Crippen LogP contribution in [0.15, 0.2) is 43.0 Å². The van der Waals surface area contributed by atoms with Crippen molar-refractivity contribution in [3.8, 4) is 0 Å². The van der Waals surface area contributed by atoms with Gasteiger partial charge in [0.05, 0.1) is 30.5 Å². The van der Waals surface area contributed by atoms with E-state index < -0.39 is 23.4 Å². The molecule has 0 fully saturated rings. The van der Waals surface area contributed by atoms with Crippen LogP contribution in [0.1, 0.15) is 21.7 Å². The summed E-state index contributed by atoms with van der Waals surface area (Å²) in [7, 11) is 0. The third-order valence-electron chi connectivity index (χ3n) is 3.52. The zero-order valence-electron chi connectivity index (χ0n) is 13.3. The molecule has 134 valence electrons. The van der Waals surface area contributed by atoms with Crippen molar-refractivity contribution in [2.75, 3.05) is 5.32 Å². The average molecular weight is 362 g/mol. The van der Waals surface area contributed by atoms with Gasteiger partial charge in [-0.3, -0.25) is 9.78 Å². The lowest BCUT2D eigenvalue weighted by atomic mass is 10.2. The number of hydrogen-bond donors (Lipinski definition) is 2. The van der Waals surface area contributed by atoms with Crippen molar-refractivity contribution in [2.45, 2.75) is 13.2 Å². The summed E-state index contributed by atoms with van der Waals surface area (Å²) in [4.78, 5) is 20.0. The number of carbonyl (C=O) groups is 1. The predicted molar refractivity (Wildman–Crippen MR) is 85.8 cm³/mol. The van der Waals surface area contributed by atoms with Crippen LogP contribution >= 0.6 is 0 Å². The van der Waals surface area contributed by atoms with Crippen LogP contribution < -0.4 is 5.32 Å². The molecule has 2 aromatic heterocycles. The first-order valence-corrected chi connectivity index (χ1v) is 7.48. The Morgan fingerprint density at radius 2 is 1.88 bits per heavy atom. The number of aromatic nitrogens is 3. The maximum Gasteiger partial charge on any atom is 0.275 e. The zero-order valence-corrected chi connectivity index (χ0v) is 13.3. The van der Waals surface area contributed by atoms with E-state index in [0.29, 0.717) is 11.4 Å². The highest BCUT2D eigenvalue weighted by Gasteiger charge is 2.13. The normalized spacial score (nSPS) is 10.8. The van der Waals surface area contributed by atoms with E-state index in [9.17, 15) is 18.0 Å². The molecule has 0 spiro atoms. The largest absolute Gasteiger partial charge is 0.390 e. The summed E-state index contributed by atoms with van der Waals surface area (Å²) in [5.41, 5.74) is 1.16. The van der Waals surface area contributed by atoms with Gasteiger partial charge in [0, 0.05) is 12.7 Å². The second kappa shape index (κ2) is 7.36. The Kier molecular flexibility index (Phi) is 4.99. The molecule has 3 aromatic rings. The number of aliphatic hydroxyl groups is 1. The molecule has 0 unspecified atom stereocenters. The fraction of sp³-hybridized carbons (Fsp3) is 0.118. The third-order valence-corrected chi connectivity index (χ3v) is 3.52. The summed E-state index contributed by atoms with van der Waals surface area (Å²) in [6.07, 6.45) is 4.11. The average Bonchev–Trinajstić information content (AvgIpc) is 3.09. The molecular weight excluding hydrogens is 349 g/mol. The number of hydrogen-bond acceptors (Lipinski definition) is 4. The molecule has 3 rings (SSSR count). The maximum atomic E-state index is 13.2. The number of amides is 1. The molecule has 1 aromatic carbocycles. The molecule has 2 heterocycles. The van der Waals surface area contributed by atoms with Crippen LogP contribution in [-0.4, -0.2) is 25.5 Å². The van der Waals surface area contributed by atoms with Crippen LogP contribution in [0.2, 0.25) is 0 Å². The van der Waals surface area contributed by atoms with E-state index in [1.165, 1.54) is 23.3 Å². The van der Waals surface area contributed by atoms with Crippen LogP contribution in [0.5, 0.6) is 0 Å². The minimum absolute atomic E-state index is 0.0150. The number of nitrogens with zero attached hydrogens (tertiary/aromatic N) is 3. The standard InChI is InChI=1S/C17H13F3N4O2/c18-13-3-10(4-14(19)16(13)20)6-24-7-15(22-9-24)17(26)23-11-1-2-12(8-25)21-5-11/h1-5,7,9,25H,6,8H2,(H,23,26). The lowest BCUT2D eigenvalue weighted by Crippen LogP contribution is -2.12. The fourth-order valence-corrected chi connectivity index (χ4v) is 2.26. The molecule has 0 atom stereocenters. The Bertz CT molecular complexity index is 918. The SMILES string of the molecule is O=C(Nc1ccc(CO)nc1)c1cn(Cc2cc(F)c(F)c(F)c2)cn1. The Hall–Kier alpha value is -3.20. The van der Waals surface area contributed by atoms with Gasteiger partial charge in [-0.15, -0.1) is 0 Å². The highest BCUT2D eigenvalue weighted by atomic mass is 19.2. The van der Waals surface area contributed by atoms with Crippen molar-refractivity contribution >= 4 is 11.6 Å². The molecular formula is C17H13F3N4O2. The first kappa shape index (κ1) is 17.6. The van der Waals surface area contributed by atoms with Crippen molar-refractivity contribution in [1.29, 1.82) is 0 Å². The summed E-state index contributed by atoms with van der Waals surface area (Å²) in [5.74, 6) is -4.59.